The van der Waals surface area contributed by atoms with E-state index in [0.29, 0.717) is 16.8 Å². The number of hydrogen-bond donors (Lipinski definition) is 2. The first-order chi connectivity index (χ1) is 15.8. The van der Waals surface area contributed by atoms with Crippen molar-refractivity contribution in [2.75, 3.05) is 7.11 Å². The number of nitrogens with two attached hydrogens (primary N) is 1. The average Bonchev–Trinajstić information content (AvgIpc) is 3.26. The highest BCUT2D eigenvalue weighted by Gasteiger charge is 2.33. The largest absolute Gasteiger partial charge is 0.494 e. The van der Waals surface area contributed by atoms with Crippen molar-refractivity contribution in [1.29, 1.82) is 0 Å². The number of rotatable bonds is 6. The van der Waals surface area contributed by atoms with Crippen molar-refractivity contribution in [1.82, 2.24) is 25.3 Å². The molecule has 0 fully saturated rings. The summed E-state index contributed by atoms with van der Waals surface area (Å²) in [5.74, 6) is 0.0992. The summed E-state index contributed by atoms with van der Waals surface area (Å²) >= 11 is 0. The molecule has 0 unspecified atom stereocenters. The van der Waals surface area contributed by atoms with Crippen LogP contribution in [0.15, 0.2) is 47.1 Å². The van der Waals surface area contributed by atoms with E-state index in [-0.39, 0.29) is 41.7 Å². The number of nitrogens with one attached hydrogen (secondary N) is 1. The maximum absolute atomic E-state index is 13.2. The van der Waals surface area contributed by atoms with Crippen LogP contribution in [-0.4, -0.2) is 33.0 Å². The van der Waals surface area contributed by atoms with Crippen LogP contribution in [-0.2, 0) is 19.3 Å². The molecule has 0 aliphatic carbocycles. The molecule has 9 nitrogen and oxygen atoms in total. The number of benzene rings is 1. The minimum absolute atomic E-state index is 0.00535. The van der Waals surface area contributed by atoms with Gasteiger partial charge in [-0.15, -0.1) is 0 Å². The summed E-state index contributed by atoms with van der Waals surface area (Å²) in [5, 5.41) is 2.94. The molecule has 3 aromatic heterocycles. The van der Waals surface area contributed by atoms with Crippen LogP contribution in [0.2, 0.25) is 0 Å². The molecule has 0 atom stereocenters. The Kier molecular flexibility index (Phi) is 5.92. The minimum Gasteiger partial charge on any atom is -0.494 e. The summed E-state index contributed by atoms with van der Waals surface area (Å²) in [5.41, 5.74) is 4.91. The molecule has 4 aromatic rings. The molecule has 3 heterocycles. The Bertz CT molecular complexity index is 1310. The summed E-state index contributed by atoms with van der Waals surface area (Å²) in [7, 11) is 1.33. The molecule has 4 rings (SSSR count). The van der Waals surface area contributed by atoms with Crippen LogP contribution in [0.4, 0.5) is 13.2 Å². The van der Waals surface area contributed by atoms with E-state index in [0.717, 1.165) is 6.07 Å². The summed E-state index contributed by atoms with van der Waals surface area (Å²) in [6, 6.07) is 6.76. The topological polar surface area (TPSA) is 129 Å². The Morgan fingerprint density at radius 1 is 1.15 bits per heavy atom. The number of aromatic nitrogens is 4. The van der Waals surface area contributed by atoms with E-state index in [4.69, 9.17) is 14.9 Å². The molecular weight excluding hydrogens is 441 g/mol. The number of nitrogens with zero attached hydrogens (tertiary/aromatic N) is 4. The van der Waals surface area contributed by atoms with Crippen molar-refractivity contribution < 1.29 is 27.1 Å². The van der Waals surface area contributed by atoms with Gasteiger partial charge in [-0.2, -0.15) is 13.2 Å². The monoisotopic (exact) mass is 458 g/mol. The molecule has 0 radical (unpaired) electrons. The van der Waals surface area contributed by atoms with Gasteiger partial charge in [-0.25, -0.2) is 19.9 Å². The molecule has 0 spiro atoms. The lowest BCUT2D eigenvalue weighted by atomic mass is 10.1. The van der Waals surface area contributed by atoms with Gasteiger partial charge < -0.3 is 20.2 Å². The maximum Gasteiger partial charge on any atom is 0.433 e. The van der Waals surface area contributed by atoms with Crippen LogP contribution < -0.4 is 15.8 Å². The Hall–Kier alpha value is -4.06. The molecular formula is C21H17F3N6O3. The lowest BCUT2D eigenvalue weighted by Crippen LogP contribution is -2.25. The molecule has 170 valence electrons. The summed E-state index contributed by atoms with van der Waals surface area (Å²) in [6.45, 7) is -0.0658. The third-order valence-electron chi connectivity index (χ3n) is 4.69. The Balaban J connectivity index is 1.72. The van der Waals surface area contributed by atoms with Gasteiger partial charge in [0.15, 0.2) is 11.5 Å². The van der Waals surface area contributed by atoms with Gasteiger partial charge in [-0.05, 0) is 30.3 Å². The lowest BCUT2D eigenvalue weighted by Gasteiger charge is -2.11. The van der Waals surface area contributed by atoms with Crippen molar-refractivity contribution in [2.45, 2.75) is 19.3 Å². The van der Waals surface area contributed by atoms with Crippen molar-refractivity contribution in [3.8, 4) is 17.2 Å². The van der Waals surface area contributed by atoms with Gasteiger partial charge in [0, 0.05) is 23.3 Å². The smallest absolute Gasteiger partial charge is 0.433 e. The fourth-order valence-corrected chi connectivity index (χ4v) is 3.15. The number of alkyl halides is 3. The molecule has 0 saturated carbocycles. The van der Waals surface area contributed by atoms with Crippen molar-refractivity contribution >= 4 is 16.8 Å². The van der Waals surface area contributed by atoms with Crippen LogP contribution in [0.5, 0.6) is 5.75 Å². The van der Waals surface area contributed by atoms with Gasteiger partial charge in [0.2, 0.25) is 5.89 Å². The van der Waals surface area contributed by atoms with E-state index in [1.165, 1.54) is 19.2 Å². The van der Waals surface area contributed by atoms with Gasteiger partial charge in [0.25, 0.3) is 5.91 Å². The van der Waals surface area contributed by atoms with Crippen LogP contribution in [0.1, 0.15) is 27.8 Å². The number of halogens is 3. The van der Waals surface area contributed by atoms with Crippen LogP contribution in [0.25, 0.3) is 22.4 Å². The van der Waals surface area contributed by atoms with E-state index < -0.39 is 17.8 Å². The molecule has 12 heteroatoms. The zero-order valence-corrected chi connectivity index (χ0v) is 17.2. The fourth-order valence-electron chi connectivity index (χ4n) is 3.15. The van der Waals surface area contributed by atoms with Crippen LogP contribution >= 0.6 is 0 Å². The molecule has 0 aliphatic rings. The predicted octanol–water partition coefficient (Wildman–Crippen LogP) is 3.10. The highest BCUT2D eigenvalue weighted by Crippen LogP contribution is 2.36. The van der Waals surface area contributed by atoms with Gasteiger partial charge >= 0.3 is 6.18 Å². The van der Waals surface area contributed by atoms with Crippen molar-refractivity contribution in [2.24, 2.45) is 5.73 Å². The number of carbonyl (C=O) groups excluding carboxylic acids is 1. The van der Waals surface area contributed by atoms with Crippen molar-refractivity contribution in [3.05, 3.63) is 65.7 Å². The predicted molar refractivity (Wildman–Crippen MR) is 110 cm³/mol. The second-order valence-corrected chi connectivity index (χ2v) is 6.75. The number of methoxy groups -OCH3 is 1. The normalized spacial score (nSPS) is 11.5. The first-order valence-electron chi connectivity index (χ1n) is 9.61. The van der Waals surface area contributed by atoms with Crippen LogP contribution in [0, 0.1) is 0 Å². The molecule has 33 heavy (non-hydrogen) atoms. The molecule has 3 N–H and O–H groups in total. The summed E-state index contributed by atoms with van der Waals surface area (Å²) < 4.78 is 50.3. The number of carbonyl (C=O) groups is 1. The first kappa shape index (κ1) is 22.1. The van der Waals surface area contributed by atoms with Gasteiger partial charge in [-0.3, -0.25) is 4.79 Å². The minimum atomic E-state index is -4.63. The van der Waals surface area contributed by atoms with E-state index in [1.807, 2.05) is 0 Å². The maximum atomic E-state index is 13.2. The average molecular weight is 458 g/mol. The number of pyridine rings is 1. The zero-order chi connectivity index (χ0) is 23.6. The van der Waals surface area contributed by atoms with E-state index >= 15 is 0 Å². The van der Waals surface area contributed by atoms with E-state index in [1.54, 1.807) is 24.5 Å². The summed E-state index contributed by atoms with van der Waals surface area (Å²) in [6.07, 6.45) is -1.54. The SMILES string of the molecule is COc1ccc(-c2nc(C(=O)NCc3ncccn3)c(CN)o2)c2ccc(C(F)(F)F)nc12. The van der Waals surface area contributed by atoms with Gasteiger partial charge in [0.1, 0.15) is 22.8 Å². The second kappa shape index (κ2) is 8.82. The third-order valence-corrected chi connectivity index (χ3v) is 4.69. The number of fused-ring (bicyclic) bond motifs is 1. The zero-order valence-electron chi connectivity index (χ0n) is 17.2. The Labute approximate surface area is 184 Å². The fraction of sp³-hybridized carbons (Fsp3) is 0.190. The number of hydrogen-bond acceptors (Lipinski definition) is 8. The number of oxazole rings is 1. The molecule has 1 amide bonds. The summed E-state index contributed by atoms with van der Waals surface area (Å²) in [4.78, 5) is 28.7. The highest BCUT2D eigenvalue weighted by molar-refractivity contribution is 5.98. The number of ether oxygens (including phenoxy) is 1. The highest BCUT2D eigenvalue weighted by atomic mass is 19.4. The first-order valence-corrected chi connectivity index (χ1v) is 9.61. The standard InChI is InChI=1S/C21H17F3N6O3/c1-32-13-5-3-12(11-4-6-15(21(22,23)24)29-17(11)13)20-30-18(14(9-25)33-20)19(31)28-10-16-26-7-2-8-27-16/h2-8H,9-10,25H2,1H3,(H,28,31). The molecule has 1 aromatic carbocycles. The lowest BCUT2D eigenvalue weighted by molar-refractivity contribution is -0.140. The van der Waals surface area contributed by atoms with Crippen molar-refractivity contribution in [3.63, 3.8) is 0 Å². The quantitative estimate of drug-likeness (QED) is 0.451. The third kappa shape index (κ3) is 4.46. The van der Waals surface area contributed by atoms with E-state index in [9.17, 15) is 18.0 Å². The van der Waals surface area contributed by atoms with Gasteiger partial charge in [-0.1, -0.05) is 0 Å². The van der Waals surface area contributed by atoms with E-state index in [2.05, 4.69) is 25.3 Å². The second-order valence-electron chi connectivity index (χ2n) is 6.75. The number of amides is 1. The van der Waals surface area contributed by atoms with Gasteiger partial charge in [0.05, 0.1) is 20.2 Å². The molecule has 0 saturated heterocycles. The Morgan fingerprint density at radius 2 is 1.91 bits per heavy atom. The van der Waals surface area contributed by atoms with Crippen LogP contribution in [0.3, 0.4) is 0 Å². The molecule has 0 aliphatic heterocycles. The molecule has 0 bridgehead atoms. The Morgan fingerprint density at radius 3 is 2.58 bits per heavy atom.